The Balaban J connectivity index is 1.70. The van der Waals surface area contributed by atoms with Crippen LogP contribution in [0, 0.1) is 0 Å². The molecule has 7 nitrogen and oxygen atoms in total. The van der Waals surface area contributed by atoms with E-state index in [1.807, 2.05) is 0 Å². The first kappa shape index (κ1) is 28.1. The van der Waals surface area contributed by atoms with E-state index in [4.69, 9.17) is 16.1 Å². The lowest BCUT2D eigenvalue weighted by Gasteiger charge is -2.22. The number of aromatic nitrogens is 3. The molecule has 18 heteroatoms. The molecular formula is C20H14ClF9N4O3S. The number of carbonyl (C=O) groups is 1. The molecule has 0 aromatic carbocycles. The fourth-order valence-corrected chi connectivity index (χ4v) is 4.66. The highest BCUT2D eigenvalue weighted by molar-refractivity contribution is 7.19. The van der Waals surface area contributed by atoms with E-state index >= 15 is 0 Å². The van der Waals surface area contributed by atoms with Crippen LogP contribution in [0.4, 0.5) is 39.5 Å². The minimum atomic E-state index is -6.13. The van der Waals surface area contributed by atoms with Gasteiger partial charge in [0.1, 0.15) is 21.3 Å². The molecule has 0 aliphatic heterocycles. The van der Waals surface area contributed by atoms with Crippen molar-refractivity contribution in [1.82, 2.24) is 19.8 Å². The Morgan fingerprint density at radius 1 is 1.21 bits per heavy atom. The molecule has 208 valence electrons. The summed E-state index contributed by atoms with van der Waals surface area (Å²) in [4.78, 5) is 14.3. The first-order valence-electron chi connectivity index (χ1n) is 10.4. The highest BCUT2D eigenvalue weighted by atomic mass is 35.5. The predicted octanol–water partition coefficient (Wildman–Crippen LogP) is 6.58. The van der Waals surface area contributed by atoms with Crippen LogP contribution in [-0.2, 0) is 13.2 Å². The monoisotopic (exact) mass is 596 g/mol. The zero-order valence-corrected chi connectivity index (χ0v) is 20.5. The van der Waals surface area contributed by atoms with E-state index in [1.165, 1.54) is 11.0 Å². The molecule has 4 rings (SSSR count). The van der Waals surface area contributed by atoms with E-state index in [9.17, 15) is 44.3 Å². The zero-order valence-electron chi connectivity index (χ0n) is 18.9. The van der Waals surface area contributed by atoms with Crippen molar-refractivity contribution in [3.8, 4) is 27.9 Å². The van der Waals surface area contributed by atoms with Gasteiger partial charge in [-0.05, 0) is 18.9 Å². The fourth-order valence-electron chi connectivity index (χ4n) is 3.45. The second-order valence-electron chi connectivity index (χ2n) is 8.24. The maximum absolute atomic E-state index is 13.8. The molecule has 1 aliphatic rings. The number of hydrogen-bond acceptors (Lipinski definition) is 6. The van der Waals surface area contributed by atoms with Gasteiger partial charge in [-0.3, -0.25) is 9.48 Å². The van der Waals surface area contributed by atoms with Crippen LogP contribution >= 0.6 is 22.9 Å². The molecule has 0 spiro atoms. The van der Waals surface area contributed by atoms with Crippen molar-refractivity contribution in [2.24, 2.45) is 7.05 Å². The van der Waals surface area contributed by atoms with Crippen molar-refractivity contribution < 1.29 is 53.6 Å². The summed E-state index contributed by atoms with van der Waals surface area (Å²) in [6.45, 7) is 0. The second kappa shape index (κ2) is 9.36. The van der Waals surface area contributed by atoms with E-state index in [-0.39, 0.29) is 26.6 Å². The quantitative estimate of drug-likeness (QED) is 0.288. The van der Waals surface area contributed by atoms with Gasteiger partial charge < -0.3 is 14.2 Å². The maximum atomic E-state index is 13.8. The second-order valence-corrected chi connectivity index (χ2v) is 9.89. The van der Waals surface area contributed by atoms with Crippen LogP contribution in [0.1, 0.15) is 28.8 Å². The van der Waals surface area contributed by atoms with Crippen molar-refractivity contribution in [3.05, 3.63) is 27.6 Å². The third-order valence-electron chi connectivity index (χ3n) is 5.44. The largest absolute Gasteiger partial charge is 0.440 e. The summed E-state index contributed by atoms with van der Waals surface area (Å²) in [6, 6.07) is 2.35. The number of nitrogens with zero attached hydrogens (tertiary/aromatic N) is 4. The number of thiophene rings is 1. The Morgan fingerprint density at radius 2 is 1.84 bits per heavy atom. The van der Waals surface area contributed by atoms with Crippen LogP contribution in [0.3, 0.4) is 0 Å². The number of carbonyl (C=O) groups excluding carboxylic acids is 1. The molecule has 0 bridgehead atoms. The Bertz CT molecular complexity index is 1360. The topological polar surface area (TPSA) is 73.4 Å². The van der Waals surface area contributed by atoms with Gasteiger partial charge in [-0.1, -0.05) is 16.8 Å². The Morgan fingerprint density at radius 3 is 2.39 bits per heavy atom. The van der Waals surface area contributed by atoms with Crippen molar-refractivity contribution in [2.75, 3.05) is 7.05 Å². The minimum Gasteiger partial charge on any atom is -0.410 e. The Labute approximate surface area is 215 Å². The SMILES string of the molecule is CN(C(=O)c1cc(-c2cc(-c3c(C(F)(F)F)c(OC(F)(F)C(F)C(F)(F)F)nn3C)no2)sc1Cl)C1CC1. The van der Waals surface area contributed by atoms with Crippen LogP contribution in [0.15, 0.2) is 16.7 Å². The number of rotatable bonds is 7. The molecule has 0 radical (unpaired) electrons. The molecule has 1 unspecified atom stereocenters. The fraction of sp³-hybridized carbons (Fsp3) is 0.450. The number of halogens is 10. The molecule has 1 saturated carbocycles. The third kappa shape index (κ3) is 5.30. The zero-order chi connectivity index (χ0) is 28.4. The van der Waals surface area contributed by atoms with Crippen molar-refractivity contribution >= 4 is 28.8 Å². The van der Waals surface area contributed by atoms with Gasteiger partial charge in [0.25, 0.3) is 18.0 Å². The molecular weight excluding hydrogens is 583 g/mol. The average molecular weight is 597 g/mol. The van der Waals surface area contributed by atoms with Crippen molar-refractivity contribution in [1.29, 1.82) is 0 Å². The average Bonchev–Trinajstić information content (AvgIpc) is 3.24. The lowest BCUT2D eigenvalue weighted by Crippen LogP contribution is -2.46. The maximum Gasteiger partial charge on any atom is 0.440 e. The summed E-state index contributed by atoms with van der Waals surface area (Å²) in [5.74, 6) is -2.56. The number of aryl methyl sites for hydroxylation is 1. The van der Waals surface area contributed by atoms with Gasteiger partial charge in [0, 0.05) is 26.2 Å². The van der Waals surface area contributed by atoms with E-state index in [2.05, 4.69) is 15.0 Å². The third-order valence-corrected chi connectivity index (χ3v) is 6.81. The molecule has 1 fully saturated rings. The molecule has 3 aromatic heterocycles. The molecule has 1 amide bonds. The number of alkyl halides is 9. The van der Waals surface area contributed by atoms with Gasteiger partial charge in [-0.15, -0.1) is 16.4 Å². The van der Waals surface area contributed by atoms with E-state index in [0.29, 0.717) is 4.68 Å². The number of hydrogen-bond donors (Lipinski definition) is 0. The van der Waals surface area contributed by atoms with Crippen LogP contribution in [0.5, 0.6) is 5.88 Å². The number of amides is 1. The van der Waals surface area contributed by atoms with Crippen molar-refractivity contribution in [3.63, 3.8) is 0 Å². The smallest absolute Gasteiger partial charge is 0.410 e. The molecule has 38 heavy (non-hydrogen) atoms. The molecule has 0 saturated heterocycles. The molecule has 1 atom stereocenters. The molecule has 1 aliphatic carbocycles. The van der Waals surface area contributed by atoms with E-state index in [0.717, 1.165) is 37.3 Å². The van der Waals surface area contributed by atoms with Gasteiger partial charge in [0.2, 0.25) is 0 Å². The summed E-state index contributed by atoms with van der Waals surface area (Å²) in [7, 11) is 2.43. The van der Waals surface area contributed by atoms with E-state index in [1.54, 1.807) is 7.05 Å². The Kier molecular flexibility index (Phi) is 6.91. The normalized spacial score (nSPS) is 15.6. The Hall–Kier alpha value is -2.95. The lowest BCUT2D eigenvalue weighted by molar-refractivity contribution is -0.306. The van der Waals surface area contributed by atoms with Crippen molar-refractivity contribution in [2.45, 2.75) is 43.5 Å². The van der Waals surface area contributed by atoms with Gasteiger partial charge in [0.05, 0.1) is 10.4 Å². The summed E-state index contributed by atoms with van der Waals surface area (Å²) >= 11 is 7.02. The van der Waals surface area contributed by atoms with E-state index < -0.39 is 53.4 Å². The molecule has 3 aromatic rings. The van der Waals surface area contributed by atoms with Gasteiger partial charge in [-0.2, -0.15) is 35.1 Å². The first-order valence-corrected chi connectivity index (χ1v) is 11.6. The predicted molar refractivity (Wildman–Crippen MR) is 114 cm³/mol. The lowest BCUT2D eigenvalue weighted by atomic mass is 10.1. The van der Waals surface area contributed by atoms with Gasteiger partial charge >= 0.3 is 18.5 Å². The summed E-state index contributed by atoms with van der Waals surface area (Å²) in [5, 5.41) is 6.55. The molecule has 0 N–H and O–H groups in total. The summed E-state index contributed by atoms with van der Waals surface area (Å²) in [6.07, 6.45) is -20.6. The molecule has 3 heterocycles. The van der Waals surface area contributed by atoms with Crippen LogP contribution in [-0.4, -0.2) is 57.3 Å². The van der Waals surface area contributed by atoms with Gasteiger partial charge in [0.15, 0.2) is 5.76 Å². The highest BCUT2D eigenvalue weighted by Gasteiger charge is 2.60. The van der Waals surface area contributed by atoms with Gasteiger partial charge in [-0.25, -0.2) is 4.39 Å². The first-order chi connectivity index (χ1) is 17.4. The standard InChI is InChI=1S/C20H14ClF9N4O3S/c1-33(7-3-4-7)16(35)8-5-11(38-14(8)21)10-6-9(32-37-10)13-12(18(23,24)25)15(31-34(13)2)36-20(29,30)17(22)19(26,27)28/h5-7,17H,3-4H2,1-2H3. The highest BCUT2D eigenvalue weighted by Crippen LogP contribution is 2.46. The summed E-state index contributed by atoms with van der Waals surface area (Å²) < 4.78 is 128. The van der Waals surface area contributed by atoms with Crippen LogP contribution in [0.25, 0.3) is 22.0 Å². The minimum absolute atomic E-state index is 0.0651. The van der Waals surface area contributed by atoms with Crippen LogP contribution in [0.2, 0.25) is 4.34 Å². The number of ether oxygens (including phenoxy) is 1. The van der Waals surface area contributed by atoms with Crippen LogP contribution < -0.4 is 4.74 Å². The summed E-state index contributed by atoms with van der Waals surface area (Å²) in [5.41, 5.74) is -3.58.